The van der Waals surface area contributed by atoms with E-state index in [1.165, 1.54) is 4.31 Å². The molecule has 27 heavy (non-hydrogen) atoms. The molecule has 1 radical (unpaired) electrons. The molecule has 0 spiro atoms. The molecule has 0 saturated carbocycles. The highest BCUT2D eigenvalue weighted by atomic mass is 32.2. The maximum absolute atomic E-state index is 13.2. The van der Waals surface area contributed by atoms with Crippen molar-refractivity contribution >= 4 is 21.0 Å². The average molecular weight is 376 g/mol. The van der Waals surface area contributed by atoms with Gasteiger partial charge in [-0.2, -0.15) is 4.31 Å². The second kappa shape index (κ2) is 7.39. The molecule has 1 heterocycles. The zero-order valence-corrected chi connectivity index (χ0v) is 15.4. The number of nitrogens with zero attached hydrogens (tertiary/aromatic N) is 1. The van der Waals surface area contributed by atoms with E-state index in [4.69, 9.17) is 4.42 Å². The molecule has 4 rings (SSSR count). The van der Waals surface area contributed by atoms with Gasteiger partial charge in [-0.25, -0.2) is 8.42 Å². The minimum Gasteiger partial charge on any atom is -0.460 e. The Hall–Kier alpha value is -2.89. The van der Waals surface area contributed by atoms with E-state index in [1.807, 2.05) is 42.5 Å². The molecule has 0 bridgehead atoms. The average Bonchev–Trinajstić information content (AvgIpc) is 3.11. The van der Waals surface area contributed by atoms with Crippen molar-refractivity contribution in [2.24, 2.45) is 0 Å². The summed E-state index contributed by atoms with van der Waals surface area (Å²) in [7, 11) is -3.68. The lowest BCUT2D eigenvalue weighted by Crippen LogP contribution is -2.30. The van der Waals surface area contributed by atoms with Crippen molar-refractivity contribution in [2.45, 2.75) is 18.0 Å². The third-order valence-electron chi connectivity index (χ3n) is 4.32. The van der Waals surface area contributed by atoms with Crippen LogP contribution in [0.2, 0.25) is 0 Å². The second-order valence-electron chi connectivity index (χ2n) is 6.25. The van der Waals surface area contributed by atoms with E-state index in [2.05, 4.69) is 6.07 Å². The summed E-state index contributed by atoms with van der Waals surface area (Å²) in [5.41, 5.74) is 1.62. The molecule has 135 valence electrons. The van der Waals surface area contributed by atoms with Gasteiger partial charge in [-0.05, 0) is 42.0 Å². The van der Waals surface area contributed by atoms with E-state index in [-0.39, 0.29) is 18.0 Å². The largest absolute Gasteiger partial charge is 0.460 e. The molecule has 0 saturated heterocycles. The van der Waals surface area contributed by atoms with Crippen LogP contribution < -0.4 is 0 Å². The lowest BCUT2D eigenvalue weighted by molar-refractivity contribution is 0.365. The van der Waals surface area contributed by atoms with E-state index in [0.29, 0.717) is 5.76 Å². The Bertz CT molecular complexity index is 1100. The lowest BCUT2D eigenvalue weighted by atomic mass is 10.2. The summed E-state index contributed by atoms with van der Waals surface area (Å²) in [6.07, 6.45) is 0. The fourth-order valence-corrected chi connectivity index (χ4v) is 4.40. The molecule has 4 nitrogen and oxygen atoms in total. The van der Waals surface area contributed by atoms with E-state index < -0.39 is 10.0 Å². The fourth-order valence-electron chi connectivity index (χ4n) is 2.99. The molecular weight excluding hydrogens is 358 g/mol. The van der Waals surface area contributed by atoms with Crippen LogP contribution in [-0.4, -0.2) is 12.7 Å². The molecule has 0 atom stereocenters. The molecular formula is C22H18NO3S. The van der Waals surface area contributed by atoms with Crippen molar-refractivity contribution < 1.29 is 12.8 Å². The zero-order valence-electron chi connectivity index (χ0n) is 14.6. The quantitative estimate of drug-likeness (QED) is 0.493. The van der Waals surface area contributed by atoms with Crippen LogP contribution in [0.4, 0.5) is 0 Å². The SMILES string of the molecule is O=S(=O)(c1ccccc1)N(Cc1c[c]ccc1)Cc1cc2ccccc2o1. The fraction of sp³-hybridized carbons (Fsp3) is 0.0909. The molecule has 0 N–H and O–H groups in total. The molecule has 0 aliphatic carbocycles. The number of fused-ring (bicyclic) bond motifs is 1. The number of furan rings is 1. The van der Waals surface area contributed by atoms with Gasteiger partial charge in [0.25, 0.3) is 0 Å². The van der Waals surface area contributed by atoms with Crippen molar-refractivity contribution in [3.05, 3.63) is 102 Å². The predicted octanol–water partition coefficient (Wildman–Crippen LogP) is 4.62. The van der Waals surface area contributed by atoms with Gasteiger partial charge in [-0.1, -0.05) is 54.6 Å². The Labute approximate surface area is 158 Å². The van der Waals surface area contributed by atoms with Crippen LogP contribution in [0.3, 0.4) is 0 Å². The van der Waals surface area contributed by atoms with Crippen LogP contribution in [0.25, 0.3) is 11.0 Å². The topological polar surface area (TPSA) is 50.5 Å². The van der Waals surface area contributed by atoms with Crippen molar-refractivity contribution in [3.8, 4) is 0 Å². The third-order valence-corrected chi connectivity index (χ3v) is 6.13. The van der Waals surface area contributed by atoms with Gasteiger partial charge in [-0.3, -0.25) is 0 Å². The van der Waals surface area contributed by atoms with Crippen LogP contribution in [0, 0.1) is 6.07 Å². The Morgan fingerprint density at radius 2 is 1.67 bits per heavy atom. The van der Waals surface area contributed by atoms with Gasteiger partial charge in [0.1, 0.15) is 11.3 Å². The standard InChI is InChI=1S/C22H18NO3S/c24-27(25,21-12-5-2-6-13-21)23(16-18-9-3-1-4-10-18)17-20-15-19-11-7-8-14-22(19)26-20/h1-3,5-15H,16-17H2. The third kappa shape index (κ3) is 3.79. The summed E-state index contributed by atoms with van der Waals surface area (Å²) in [6.45, 7) is 0.395. The van der Waals surface area contributed by atoms with Gasteiger partial charge < -0.3 is 4.42 Å². The molecule has 3 aromatic carbocycles. The number of para-hydroxylation sites is 1. The summed E-state index contributed by atoms with van der Waals surface area (Å²) in [5, 5.41) is 0.956. The zero-order chi connectivity index (χ0) is 18.7. The van der Waals surface area contributed by atoms with Crippen molar-refractivity contribution in [2.75, 3.05) is 0 Å². The Kier molecular flexibility index (Phi) is 4.79. The molecule has 1 aromatic heterocycles. The van der Waals surface area contributed by atoms with E-state index >= 15 is 0 Å². The minimum atomic E-state index is -3.68. The highest BCUT2D eigenvalue weighted by molar-refractivity contribution is 7.89. The predicted molar refractivity (Wildman–Crippen MR) is 104 cm³/mol. The van der Waals surface area contributed by atoms with E-state index in [9.17, 15) is 8.42 Å². The lowest BCUT2D eigenvalue weighted by Gasteiger charge is -2.21. The summed E-state index contributed by atoms with van der Waals surface area (Å²) >= 11 is 0. The van der Waals surface area contributed by atoms with Gasteiger partial charge >= 0.3 is 0 Å². The van der Waals surface area contributed by atoms with E-state index in [0.717, 1.165) is 16.5 Å². The van der Waals surface area contributed by atoms with Crippen molar-refractivity contribution in [1.29, 1.82) is 0 Å². The number of rotatable bonds is 6. The summed E-state index contributed by atoms with van der Waals surface area (Å²) in [4.78, 5) is 0.265. The van der Waals surface area contributed by atoms with Crippen LogP contribution >= 0.6 is 0 Å². The molecule has 0 aliphatic heterocycles. The molecule has 0 unspecified atom stereocenters. The highest BCUT2D eigenvalue weighted by Crippen LogP contribution is 2.24. The first-order chi connectivity index (χ1) is 13.1. The molecule has 0 aliphatic rings. The highest BCUT2D eigenvalue weighted by Gasteiger charge is 2.26. The summed E-state index contributed by atoms with van der Waals surface area (Å²) in [5.74, 6) is 0.607. The van der Waals surface area contributed by atoms with Crippen LogP contribution in [0.15, 0.2) is 94.2 Å². The second-order valence-corrected chi connectivity index (χ2v) is 8.19. The Balaban J connectivity index is 1.71. The Morgan fingerprint density at radius 3 is 2.41 bits per heavy atom. The number of sulfonamides is 1. The number of hydrogen-bond acceptors (Lipinski definition) is 3. The van der Waals surface area contributed by atoms with Crippen molar-refractivity contribution in [1.82, 2.24) is 4.31 Å². The minimum absolute atomic E-state index is 0.154. The molecule has 4 aromatic rings. The first-order valence-corrected chi connectivity index (χ1v) is 10.0. The smallest absolute Gasteiger partial charge is 0.243 e. The monoisotopic (exact) mass is 376 g/mol. The van der Waals surface area contributed by atoms with Crippen LogP contribution in [0.1, 0.15) is 11.3 Å². The Morgan fingerprint density at radius 1 is 0.889 bits per heavy atom. The first-order valence-electron chi connectivity index (χ1n) is 8.60. The normalized spacial score (nSPS) is 11.9. The van der Waals surface area contributed by atoms with Gasteiger partial charge in [0.05, 0.1) is 11.4 Å². The van der Waals surface area contributed by atoms with Crippen molar-refractivity contribution in [3.63, 3.8) is 0 Å². The maximum Gasteiger partial charge on any atom is 0.243 e. The molecule has 0 amide bonds. The maximum atomic E-state index is 13.2. The number of benzene rings is 3. The number of hydrogen-bond donors (Lipinski definition) is 0. The van der Waals surface area contributed by atoms with Gasteiger partial charge in [0, 0.05) is 11.9 Å². The van der Waals surface area contributed by atoms with Gasteiger partial charge in [0.15, 0.2) is 0 Å². The first kappa shape index (κ1) is 17.5. The molecule has 5 heteroatoms. The van der Waals surface area contributed by atoms with Gasteiger partial charge in [0.2, 0.25) is 10.0 Å². The summed E-state index contributed by atoms with van der Waals surface area (Å²) < 4.78 is 33.7. The van der Waals surface area contributed by atoms with E-state index in [1.54, 1.807) is 42.5 Å². The molecule has 0 fully saturated rings. The summed E-state index contributed by atoms with van der Waals surface area (Å²) in [6, 6.07) is 28.3. The van der Waals surface area contributed by atoms with Gasteiger partial charge in [-0.15, -0.1) is 0 Å². The van der Waals surface area contributed by atoms with Crippen LogP contribution in [0.5, 0.6) is 0 Å². The van der Waals surface area contributed by atoms with Crippen LogP contribution in [-0.2, 0) is 23.1 Å².